The fraction of sp³-hybridized carbons (Fsp3) is 0.130. The second-order valence-corrected chi connectivity index (χ2v) is 7.12. The van der Waals surface area contributed by atoms with Gasteiger partial charge in [0.2, 0.25) is 0 Å². The number of aromatic nitrogens is 3. The average molecular weight is 398 g/mol. The number of nitrogens with zero attached hydrogens (tertiary/aromatic N) is 2. The van der Waals surface area contributed by atoms with Gasteiger partial charge in [-0.15, -0.1) is 0 Å². The van der Waals surface area contributed by atoms with Crippen LogP contribution in [0.15, 0.2) is 60.8 Å². The number of fused-ring (bicyclic) bond motifs is 1. The van der Waals surface area contributed by atoms with Crippen molar-refractivity contribution in [1.29, 1.82) is 5.41 Å². The summed E-state index contributed by atoms with van der Waals surface area (Å²) in [4.78, 5) is 24.9. The van der Waals surface area contributed by atoms with E-state index in [1.54, 1.807) is 30.5 Å². The van der Waals surface area contributed by atoms with Gasteiger partial charge in [0.05, 0.1) is 16.6 Å². The molecule has 7 nitrogen and oxygen atoms in total. The number of amidine groups is 1. The fourth-order valence-corrected chi connectivity index (χ4v) is 3.23. The highest BCUT2D eigenvalue weighted by atomic mass is 16.1. The van der Waals surface area contributed by atoms with E-state index in [1.807, 2.05) is 6.07 Å². The normalized spacial score (nSPS) is 10.8. The number of aromatic amines is 1. The Morgan fingerprint density at radius 3 is 2.73 bits per heavy atom. The molecule has 0 fully saturated rings. The van der Waals surface area contributed by atoms with Gasteiger partial charge in [-0.25, -0.2) is 4.98 Å². The molecule has 0 spiro atoms. The molecular weight excluding hydrogens is 376 g/mol. The molecule has 2 aromatic heterocycles. The van der Waals surface area contributed by atoms with Crippen molar-refractivity contribution in [3.63, 3.8) is 0 Å². The van der Waals surface area contributed by atoms with E-state index in [-0.39, 0.29) is 11.7 Å². The van der Waals surface area contributed by atoms with Crippen molar-refractivity contribution in [3.05, 3.63) is 83.0 Å². The highest BCUT2D eigenvalue weighted by Crippen LogP contribution is 2.22. The smallest absolute Gasteiger partial charge is 0.253 e. The molecule has 1 amide bonds. The highest BCUT2D eigenvalue weighted by molar-refractivity contribution is 6.00. The Morgan fingerprint density at radius 1 is 1.17 bits per heavy atom. The summed E-state index contributed by atoms with van der Waals surface area (Å²) in [6, 6.07) is 17.0. The Hall–Kier alpha value is -4.00. The second kappa shape index (κ2) is 8.16. The largest absolute Gasteiger partial charge is 0.384 e. The zero-order chi connectivity index (χ0) is 21.1. The molecule has 0 unspecified atom stereocenters. The first kappa shape index (κ1) is 19.3. The van der Waals surface area contributed by atoms with E-state index in [4.69, 9.17) is 11.1 Å². The molecule has 7 heteroatoms. The van der Waals surface area contributed by atoms with Crippen molar-refractivity contribution in [2.75, 3.05) is 6.54 Å². The molecule has 0 saturated carbocycles. The van der Waals surface area contributed by atoms with Gasteiger partial charge in [0.1, 0.15) is 11.5 Å². The molecule has 30 heavy (non-hydrogen) atoms. The number of nitrogens with two attached hydrogens (primary N) is 1. The molecule has 0 aliphatic heterocycles. The van der Waals surface area contributed by atoms with Gasteiger partial charge in [-0.2, -0.15) is 0 Å². The number of carbonyl (C=O) groups is 1. The van der Waals surface area contributed by atoms with Gasteiger partial charge >= 0.3 is 0 Å². The molecule has 0 radical (unpaired) electrons. The summed E-state index contributed by atoms with van der Waals surface area (Å²) >= 11 is 0. The highest BCUT2D eigenvalue weighted by Gasteiger charge is 2.17. The standard InChI is InChI=1S/C23H22N6O/c1-14-4-6-15(7-5-14)10-12-27-23(30)17-3-2-11-26-20(17)22-28-18-9-8-16(21(24)25)13-19(18)29-22/h2-9,11,13H,10,12H2,1H3,(H3,24,25)(H,27,30)(H,28,29). The van der Waals surface area contributed by atoms with Crippen LogP contribution in [0.2, 0.25) is 0 Å². The fourth-order valence-electron chi connectivity index (χ4n) is 3.23. The maximum absolute atomic E-state index is 12.8. The minimum Gasteiger partial charge on any atom is -0.384 e. The van der Waals surface area contributed by atoms with Crippen LogP contribution in [0.25, 0.3) is 22.6 Å². The van der Waals surface area contributed by atoms with E-state index in [9.17, 15) is 4.79 Å². The van der Waals surface area contributed by atoms with Crippen LogP contribution in [0, 0.1) is 12.3 Å². The number of carbonyl (C=O) groups excluding carboxylic acids is 1. The van der Waals surface area contributed by atoms with Crippen molar-refractivity contribution in [2.45, 2.75) is 13.3 Å². The Kier molecular flexibility index (Phi) is 5.26. The first-order chi connectivity index (χ1) is 14.5. The van der Waals surface area contributed by atoms with Gasteiger partial charge < -0.3 is 16.0 Å². The number of H-pyrrole nitrogens is 1. The first-order valence-electron chi connectivity index (χ1n) is 9.64. The first-order valence-corrected chi connectivity index (χ1v) is 9.64. The third-order valence-corrected chi connectivity index (χ3v) is 4.89. The van der Waals surface area contributed by atoms with E-state index in [1.165, 1.54) is 11.1 Å². The van der Waals surface area contributed by atoms with Crippen molar-refractivity contribution in [1.82, 2.24) is 20.3 Å². The lowest BCUT2D eigenvalue weighted by Gasteiger charge is -2.08. The molecule has 0 aliphatic carbocycles. The monoisotopic (exact) mass is 398 g/mol. The summed E-state index contributed by atoms with van der Waals surface area (Å²) in [6.07, 6.45) is 2.38. The molecule has 5 N–H and O–H groups in total. The third kappa shape index (κ3) is 4.05. The summed E-state index contributed by atoms with van der Waals surface area (Å²) in [7, 11) is 0. The summed E-state index contributed by atoms with van der Waals surface area (Å²) < 4.78 is 0. The Labute approximate surface area is 173 Å². The number of imidazole rings is 1. The molecule has 2 heterocycles. The van der Waals surface area contributed by atoms with E-state index in [2.05, 4.69) is 51.5 Å². The summed E-state index contributed by atoms with van der Waals surface area (Å²) in [5, 5.41) is 10.5. The van der Waals surface area contributed by atoms with Gasteiger partial charge in [-0.1, -0.05) is 29.8 Å². The molecule has 2 aromatic carbocycles. The van der Waals surface area contributed by atoms with Gasteiger partial charge in [0, 0.05) is 18.3 Å². The van der Waals surface area contributed by atoms with Crippen molar-refractivity contribution in [2.24, 2.45) is 5.73 Å². The Morgan fingerprint density at radius 2 is 1.97 bits per heavy atom. The van der Waals surface area contributed by atoms with Crippen LogP contribution in [0.4, 0.5) is 0 Å². The van der Waals surface area contributed by atoms with Crippen molar-refractivity contribution >= 4 is 22.8 Å². The van der Waals surface area contributed by atoms with E-state index >= 15 is 0 Å². The second-order valence-electron chi connectivity index (χ2n) is 7.12. The van der Waals surface area contributed by atoms with Crippen molar-refractivity contribution < 1.29 is 4.79 Å². The lowest BCUT2D eigenvalue weighted by molar-refractivity contribution is 0.0954. The van der Waals surface area contributed by atoms with Gasteiger partial charge in [0.15, 0.2) is 5.82 Å². The zero-order valence-electron chi connectivity index (χ0n) is 16.6. The van der Waals surface area contributed by atoms with Crippen LogP contribution in [-0.4, -0.2) is 33.2 Å². The predicted octanol–water partition coefficient (Wildman–Crippen LogP) is 3.19. The maximum atomic E-state index is 12.8. The maximum Gasteiger partial charge on any atom is 0.253 e. The molecule has 0 saturated heterocycles. The SMILES string of the molecule is Cc1ccc(CCNC(=O)c2cccnc2-c2nc3cc(C(=N)N)ccc3[nH]2)cc1. The topological polar surface area (TPSA) is 121 Å². The average Bonchev–Trinajstić information content (AvgIpc) is 3.18. The van der Waals surface area contributed by atoms with Crippen LogP contribution in [0.3, 0.4) is 0 Å². The number of hydrogen-bond donors (Lipinski definition) is 4. The van der Waals surface area contributed by atoms with E-state index < -0.39 is 0 Å². The van der Waals surface area contributed by atoms with Crippen LogP contribution in [0.5, 0.6) is 0 Å². The number of benzene rings is 2. The number of pyridine rings is 1. The molecular formula is C23H22N6O. The Bertz CT molecular complexity index is 1230. The molecule has 0 aliphatic rings. The van der Waals surface area contributed by atoms with E-state index in [0.29, 0.717) is 34.7 Å². The van der Waals surface area contributed by atoms with Gasteiger partial charge in [0.25, 0.3) is 5.91 Å². The molecule has 4 aromatic rings. The predicted molar refractivity (Wildman–Crippen MR) is 118 cm³/mol. The number of amides is 1. The minimum atomic E-state index is -0.199. The lowest BCUT2D eigenvalue weighted by Crippen LogP contribution is -2.26. The molecule has 0 atom stereocenters. The Balaban J connectivity index is 1.54. The van der Waals surface area contributed by atoms with Crippen LogP contribution < -0.4 is 11.1 Å². The summed E-state index contributed by atoms with van der Waals surface area (Å²) in [5.74, 6) is 0.276. The van der Waals surface area contributed by atoms with Crippen LogP contribution in [0.1, 0.15) is 27.0 Å². The number of aryl methyl sites for hydroxylation is 1. The van der Waals surface area contributed by atoms with Gasteiger partial charge in [-0.3, -0.25) is 15.2 Å². The zero-order valence-corrected chi connectivity index (χ0v) is 16.6. The molecule has 0 bridgehead atoms. The number of hydrogen-bond acceptors (Lipinski definition) is 4. The number of rotatable bonds is 6. The minimum absolute atomic E-state index is 0.0204. The third-order valence-electron chi connectivity index (χ3n) is 4.89. The van der Waals surface area contributed by atoms with Crippen LogP contribution >= 0.6 is 0 Å². The van der Waals surface area contributed by atoms with Crippen molar-refractivity contribution in [3.8, 4) is 11.5 Å². The number of nitrogen functional groups attached to an aromatic ring is 1. The number of nitrogens with one attached hydrogen (secondary N) is 3. The summed E-state index contributed by atoms with van der Waals surface area (Å²) in [5.41, 5.74) is 10.9. The van der Waals surface area contributed by atoms with Gasteiger partial charge in [-0.05, 0) is 49.2 Å². The van der Waals surface area contributed by atoms with E-state index in [0.717, 1.165) is 11.9 Å². The molecule has 4 rings (SSSR count). The lowest BCUT2D eigenvalue weighted by atomic mass is 10.1. The van der Waals surface area contributed by atoms with Crippen LogP contribution in [-0.2, 0) is 6.42 Å². The summed E-state index contributed by atoms with van der Waals surface area (Å²) in [6.45, 7) is 2.58. The molecule has 150 valence electrons. The quantitative estimate of drug-likeness (QED) is 0.294.